The van der Waals surface area contributed by atoms with Gasteiger partial charge >= 0.3 is 0 Å². The lowest BCUT2D eigenvalue weighted by atomic mass is 10.1. The molecule has 0 radical (unpaired) electrons. The van der Waals surface area contributed by atoms with E-state index in [9.17, 15) is 0 Å². The van der Waals surface area contributed by atoms with Crippen LogP contribution in [-0.4, -0.2) is 7.11 Å². The number of nitrogens with zero attached hydrogens (tertiary/aromatic N) is 1. The number of hydrogen-bond donors (Lipinski definition) is 1. The fourth-order valence-electron chi connectivity index (χ4n) is 1.85. The summed E-state index contributed by atoms with van der Waals surface area (Å²) in [5.74, 6) is 0.859. The topological polar surface area (TPSA) is 45.0 Å². The average Bonchev–Trinajstić information content (AvgIpc) is 2.38. The van der Waals surface area contributed by atoms with Gasteiger partial charge in [0.05, 0.1) is 18.7 Å². The average molecular weight is 317 g/mol. The van der Waals surface area contributed by atoms with Crippen LogP contribution in [-0.2, 0) is 0 Å². The van der Waals surface area contributed by atoms with E-state index in [4.69, 9.17) is 10.00 Å². The van der Waals surface area contributed by atoms with Crippen molar-refractivity contribution in [2.75, 3.05) is 12.4 Å². The zero-order valence-electron chi connectivity index (χ0n) is 10.7. The van der Waals surface area contributed by atoms with Crippen LogP contribution in [0.1, 0.15) is 11.1 Å². The van der Waals surface area contributed by atoms with Crippen LogP contribution in [0.5, 0.6) is 5.75 Å². The summed E-state index contributed by atoms with van der Waals surface area (Å²) in [6.07, 6.45) is 0. The van der Waals surface area contributed by atoms with E-state index in [1.165, 1.54) is 0 Å². The molecule has 0 fully saturated rings. The van der Waals surface area contributed by atoms with Crippen LogP contribution < -0.4 is 10.1 Å². The molecule has 0 saturated heterocycles. The third kappa shape index (κ3) is 3.27. The van der Waals surface area contributed by atoms with E-state index in [0.29, 0.717) is 5.56 Å². The van der Waals surface area contributed by atoms with E-state index >= 15 is 0 Å². The molecule has 0 aliphatic rings. The van der Waals surface area contributed by atoms with Gasteiger partial charge in [0, 0.05) is 15.8 Å². The molecule has 0 spiro atoms. The predicted octanol–water partition coefficient (Wildman–Crippen LogP) is 4.38. The molecule has 4 heteroatoms. The van der Waals surface area contributed by atoms with E-state index in [0.717, 1.165) is 27.2 Å². The maximum atomic E-state index is 8.95. The normalized spacial score (nSPS) is 9.79. The Kier molecular flexibility index (Phi) is 4.08. The summed E-state index contributed by atoms with van der Waals surface area (Å²) in [6, 6.07) is 13.5. The quantitative estimate of drug-likeness (QED) is 0.913. The van der Waals surface area contributed by atoms with Crippen molar-refractivity contribution in [2.24, 2.45) is 0 Å². The summed E-state index contributed by atoms with van der Waals surface area (Å²) in [4.78, 5) is 0. The lowest BCUT2D eigenvalue weighted by molar-refractivity contribution is 0.412. The Morgan fingerprint density at radius 2 is 1.95 bits per heavy atom. The molecule has 0 atom stereocenters. The standard InChI is InChI=1S/C15H13BrN2O/c1-10-5-13(3-4-15(10)19-2)18-14-7-11(9-17)6-12(16)8-14/h3-8,18H,1-2H3. The molecule has 96 valence electrons. The monoisotopic (exact) mass is 316 g/mol. The number of aryl methyl sites for hydroxylation is 1. The maximum absolute atomic E-state index is 8.95. The summed E-state index contributed by atoms with van der Waals surface area (Å²) in [6.45, 7) is 1.99. The highest BCUT2D eigenvalue weighted by Gasteiger charge is 2.02. The van der Waals surface area contributed by atoms with Crippen molar-refractivity contribution in [1.82, 2.24) is 0 Å². The second kappa shape index (κ2) is 5.77. The van der Waals surface area contributed by atoms with Crippen LogP contribution in [0.3, 0.4) is 0 Å². The fraction of sp³-hybridized carbons (Fsp3) is 0.133. The molecule has 19 heavy (non-hydrogen) atoms. The van der Waals surface area contributed by atoms with Gasteiger partial charge in [-0.2, -0.15) is 5.26 Å². The van der Waals surface area contributed by atoms with E-state index in [2.05, 4.69) is 27.3 Å². The van der Waals surface area contributed by atoms with Gasteiger partial charge in [-0.25, -0.2) is 0 Å². The van der Waals surface area contributed by atoms with Gasteiger partial charge in [-0.1, -0.05) is 15.9 Å². The minimum absolute atomic E-state index is 0.613. The van der Waals surface area contributed by atoms with Crippen molar-refractivity contribution in [1.29, 1.82) is 5.26 Å². The minimum Gasteiger partial charge on any atom is -0.496 e. The van der Waals surface area contributed by atoms with Gasteiger partial charge < -0.3 is 10.1 Å². The molecular weight excluding hydrogens is 304 g/mol. The van der Waals surface area contributed by atoms with E-state index in [-0.39, 0.29) is 0 Å². The van der Waals surface area contributed by atoms with Crippen molar-refractivity contribution < 1.29 is 4.74 Å². The number of methoxy groups -OCH3 is 1. The SMILES string of the molecule is COc1ccc(Nc2cc(Br)cc(C#N)c2)cc1C. The molecule has 0 amide bonds. The molecule has 0 aliphatic carbocycles. The Bertz CT molecular complexity index is 647. The molecule has 0 aromatic heterocycles. The largest absolute Gasteiger partial charge is 0.496 e. The number of nitriles is 1. The second-order valence-corrected chi connectivity index (χ2v) is 5.07. The van der Waals surface area contributed by atoms with Crippen LogP contribution in [0.15, 0.2) is 40.9 Å². The predicted molar refractivity (Wildman–Crippen MR) is 79.9 cm³/mol. The molecule has 2 rings (SSSR count). The molecule has 2 aromatic carbocycles. The maximum Gasteiger partial charge on any atom is 0.121 e. The zero-order chi connectivity index (χ0) is 13.8. The molecule has 2 aromatic rings. The highest BCUT2D eigenvalue weighted by molar-refractivity contribution is 9.10. The summed E-state index contributed by atoms with van der Waals surface area (Å²) in [5, 5.41) is 12.2. The second-order valence-electron chi connectivity index (χ2n) is 4.15. The molecular formula is C15H13BrN2O. The molecule has 0 heterocycles. The molecule has 0 saturated carbocycles. The molecule has 1 N–H and O–H groups in total. The van der Waals surface area contributed by atoms with Crippen molar-refractivity contribution in [3.05, 3.63) is 52.0 Å². The minimum atomic E-state index is 0.613. The third-order valence-corrected chi connectivity index (χ3v) is 3.17. The van der Waals surface area contributed by atoms with Gasteiger partial charge in [-0.15, -0.1) is 0 Å². The number of halogens is 1. The Balaban J connectivity index is 2.29. The van der Waals surface area contributed by atoms with E-state index in [1.807, 2.05) is 37.3 Å². The fourth-order valence-corrected chi connectivity index (χ4v) is 2.34. The molecule has 0 bridgehead atoms. The van der Waals surface area contributed by atoms with Crippen LogP contribution in [0.4, 0.5) is 11.4 Å². The third-order valence-electron chi connectivity index (χ3n) is 2.71. The number of benzene rings is 2. The highest BCUT2D eigenvalue weighted by Crippen LogP contribution is 2.26. The van der Waals surface area contributed by atoms with Crippen LogP contribution >= 0.6 is 15.9 Å². The first-order valence-electron chi connectivity index (χ1n) is 5.75. The first-order chi connectivity index (χ1) is 9.12. The first kappa shape index (κ1) is 13.4. The van der Waals surface area contributed by atoms with E-state index < -0.39 is 0 Å². The Morgan fingerprint density at radius 3 is 2.58 bits per heavy atom. The number of nitrogens with one attached hydrogen (secondary N) is 1. The number of hydrogen-bond acceptors (Lipinski definition) is 3. The van der Waals surface area contributed by atoms with Gasteiger partial charge in [0.15, 0.2) is 0 Å². The highest BCUT2D eigenvalue weighted by atomic mass is 79.9. The summed E-state index contributed by atoms with van der Waals surface area (Å²) in [5.41, 5.74) is 3.50. The zero-order valence-corrected chi connectivity index (χ0v) is 12.3. The van der Waals surface area contributed by atoms with Gasteiger partial charge in [0.2, 0.25) is 0 Å². The van der Waals surface area contributed by atoms with Gasteiger partial charge in [0.25, 0.3) is 0 Å². The summed E-state index contributed by atoms with van der Waals surface area (Å²) in [7, 11) is 1.66. The smallest absolute Gasteiger partial charge is 0.121 e. The molecule has 0 aliphatic heterocycles. The number of rotatable bonds is 3. The van der Waals surface area contributed by atoms with Crippen molar-refractivity contribution in [2.45, 2.75) is 6.92 Å². The molecule has 0 unspecified atom stereocenters. The van der Waals surface area contributed by atoms with Crippen molar-refractivity contribution >= 4 is 27.3 Å². The lowest BCUT2D eigenvalue weighted by Gasteiger charge is -2.10. The Labute approximate surface area is 121 Å². The van der Waals surface area contributed by atoms with E-state index in [1.54, 1.807) is 13.2 Å². The summed E-state index contributed by atoms with van der Waals surface area (Å²) < 4.78 is 6.10. The summed E-state index contributed by atoms with van der Waals surface area (Å²) >= 11 is 3.39. The number of anilines is 2. The van der Waals surface area contributed by atoms with Crippen LogP contribution in [0.2, 0.25) is 0 Å². The van der Waals surface area contributed by atoms with Crippen LogP contribution in [0.25, 0.3) is 0 Å². The molecule has 3 nitrogen and oxygen atoms in total. The van der Waals surface area contributed by atoms with Crippen molar-refractivity contribution in [3.63, 3.8) is 0 Å². The first-order valence-corrected chi connectivity index (χ1v) is 6.54. The van der Waals surface area contributed by atoms with Gasteiger partial charge in [0.1, 0.15) is 5.75 Å². The Hall–Kier alpha value is -1.99. The Morgan fingerprint density at radius 1 is 1.16 bits per heavy atom. The van der Waals surface area contributed by atoms with Gasteiger partial charge in [-0.3, -0.25) is 0 Å². The van der Waals surface area contributed by atoms with Gasteiger partial charge in [-0.05, 0) is 48.9 Å². The lowest BCUT2D eigenvalue weighted by Crippen LogP contribution is -1.93. The van der Waals surface area contributed by atoms with Crippen LogP contribution in [0, 0.1) is 18.3 Å². The number of ether oxygens (including phenoxy) is 1. The van der Waals surface area contributed by atoms with Crippen molar-refractivity contribution in [3.8, 4) is 11.8 Å².